The molecule has 2 aromatic rings. The van der Waals surface area contributed by atoms with E-state index in [-0.39, 0.29) is 12.2 Å². The van der Waals surface area contributed by atoms with E-state index in [1.165, 1.54) is 13.2 Å². The molecule has 0 bridgehead atoms. The molecule has 0 fully saturated rings. The number of benzene rings is 2. The number of nitrogens with one attached hydrogen (secondary N) is 1. The quantitative estimate of drug-likeness (QED) is 0.689. The lowest BCUT2D eigenvalue weighted by atomic mass is 10.1. The zero-order chi connectivity index (χ0) is 21.4. The van der Waals surface area contributed by atoms with Gasteiger partial charge in [-0.15, -0.1) is 0 Å². The number of methoxy groups -OCH3 is 1. The monoisotopic (exact) mass is 401 g/mol. The van der Waals surface area contributed by atoms with Crippen molar-refractivity contribution >= 4 is 12.1 Å². The summed E-state index contributed by atoms with van der Waals surface area (Å²) in [5.74, 6) is -0.341. The Labute approximate surface area is 170 Å². The summed E-state index contributed by atoms with van der Waals surface area (Å²) in [5, 5.41) is 12.8. The number of esters is 1. The fourth-order valence-electron chi connectivity index (χ4n) is 2.57. The predicted molar refractivity (Wildman–Crippen MR) is 108 cm³/mol. The van der Waals surface area contributed by atoms with Crippen molar-refractivity contribution in [3.8, 4) is 11.5 Å². The highest BCUT2D eigenvalue weighted by Gasteiger charge is 2.25. The Hall–Kier alpha value is -3.22. The van der Waals surface area contributed by atoms with Crippen LogP contribution < -0.4 is 10.1 Å². The molecule has 156 valence electrons. The van der Waals surface area contributed by atoms with Gasteiger partial charge in [-0.2, -0.15) is 0 Å². The molecule has 2 aromatic carbocycles. The number of hydrogen-bond acceptors (Lipinski definition) is 6. The number of carbonyl (C=O) groups excluding carboxylic acids is 2. The van der Waals surface area contributed by atoms with Crippen molar-refractivity contribution < 1.29 is 28.9 Å². The molecular formula is C22H27NO6. The molecule has 2 rings (SSSR count). The zero-order valence-corrected chi connectivity index (χ0v) is 17.1. The van der Waals surface area contributed by atoms with Crippen LogP contribution in [0.15, 0.2) is 48.5 Å². The van der Waals surface area contributed by atoms with Crippen LogP contribution in [0.3, 0.4) is 0 Å². The molecule has 1 atom stereocenters. The second-order valence-corrected chi connectivity index (χ2v) is 7.50. The van der Waals surface area contributed by atoms with Crippen LogP contribution in [0.1, 0.15) is 31.9 Å². The number of phenolic OH excluding ortho intramolecular Hbond substituents is 1. The van der Waals surface area contributed by atoms with E-state index in [9.17, 15) is 14.7 Å². The highest BCUT2D eigenvalue weighted by Crippen LogP contribution is 2.28. The van der Waals surface area contributed by atoms with E-state index < -0.39 is 23.7 Å². The molecule has 0 saturated heterocycles. The first-order valence-electron chi connectivity index (χ1n) is 9.24. The van der Waals surface area contributed by atoms with E-state index in [1.807, 2.05) is 30.3 Å². The molecule has 0 saturated carbocycles. The molecule has 0 aliphatic heterocycles. The van der Waals surface area contributed by atoms with Gasteiger partial charge in [-0.1, -0.05) is 36.4 Å². The lowest BCUT2D eigenvalue weighted by Gasteiger charge is -2.22. The van der Waals surface area contributed by atoms with Crippen LogP contribution in [0, 0.1) is 0 Å². The largest absolute Gasteiger partial charge is 0.504 e. The van der Waals surface area contributed by atoms with E-state index in [0.29, 0.717) is 17.9 Å². The minimum Gasteiger partial charge on any atom is -0.504 e. The SMILES string of the molecule is COC(=O)C(Cc1ccc(OCc2ccccc2)c(O)c1)NC(=O)OC(C)(C)C. The summed E-state index contributed by atoms with van der Waals surface area (Å²) in [6.45, 7) is 5.50. The summed E-state index contributed by atoms with van der Waals surface area (Å²) >= 11 is 0. The van der Waals surface area contributed by atoms with Gasteiger partial charge >= 0.3 is 12.1 Å². The Morgan fingerprint density at radius 2 is 1.76 bits per heavy atom. The van der Waals surface area contributed by atoms with Crippen LogP contribution >= 0.6 is 0 Å². The molecule has 1 unspecified atom stereocenters. The van der Waals surface area contributed by atoms with Crippen molar-refractivity contribution in [3.63, 3.8) is 0 Å². The molecule has 0 aliphatic carbocycles. The summed E-state index contributed by atoms with van der Waals surface area (Å²) < 4.78 is 15.6. The lowest BCUT2D eigenvalue weighted by molar-refractivity contribution is -0.143. The molecule has 1 amide bonds. The Bertz CT molecular complexity index is 829. The third kappa shape index (κ3) is 7.37. The van der Waals surface area contributed by atoms with E-state index in [4.69, 9.17) is 14.2 Å². The topological polar surface area (TPSA) is 94.1 Å². The molecule has 0 radical (unpaired) electrons. The van der Waals surface area contributed by atoms with E-state index in [1.54, 1.807) is 32.9 Å². The average Bonchev–Trinajstić information content (AvgIpc) is 2.65. The fraction of sp³-hybridized carbons (Fsp3) is 0.364. The fourth-order valence-corrected chi connectivity index (χ4v) is 2.57. The van der Waals surface area contributed by atoms with Crippen LogP contribution in [0.4, 0.5) is 4.79 Å². The molecule has 7 heteroatoms. The molecule has 0 spiro atoms. The Morgan fingerprint density at radius 1 is 1.07 bits per heavy atom. The maximum Gasteiger partial charge on any atom is 0.408 e. The third-order valence-electron chi connectivity index (χ3n) is 3.88. The van der Waals surface area contributed by atoms with Crippen molar-refractivity contribution in [2.24, 2.45) is 0 Å². The number of ether oxygens (including phenoxy) is 3. The Morgan fingerprint density at radius 3 is 2.34 bits per heavy atom. The number of rotatable bonds is 7. The summed E-state index contributed by atoms with van der Waals surface area (Å²) in [6.07, 6.45) is -0.599. The molecular weight excluding hydrogens is 374 g/mol. The molecule has 7 nitrogen and oxygen atoms in total. The van der Waals surface area contributed by atoms with E-state index >= 15 is 0 Å². The van der Waals surface area contributed by atoms with Crippen molar-refractivity contribution in [1.82, 2.24) is 5.32 Å². The van der Waals surface area contributed by atoms with Crippen LogP contribution in [0.5, 0.6) is 11.5 Å². The zero-order valence-electron chi connectivity index (χ0n) is 17.1. The van der Waals surface area contributed by atoms with Gasteiger partial charge in [0.15, 0.2) is 11.5 Å². The van der Waals surface area contributed by atoms with Crippen molar-refractivity contribution in [3.05, 3.63) is 59.7 Å². The number of alkyl carbamates (subject to hydrolysis) is 1. The minimum absolute atomic E-state index is 0.0562. The summed E-state index contributed by atoms with van der Waals surface area (Å²) in [7, 11) is 1.24. The normalized spacial score (nSPS) is 12.0. The Balaban J connectivity index is 2.04. The summed E-state index contributed by atoms with van der Waals surface area (Å²) in [5.41, 5.74) is 0.908. The van der Waals surface area contributed by atoms with Gasteiger partial charge in [0.2, 0.25) is 0 Å². The standard InChI is InChI=1S/C22H27NO6/c1-22(2,3)29-21(26)23-17(20(25)27-4)12-16-10-11-19(18(24)13-16)28-14-15-8-6-5-7-9-15/h5-11,13,17,24H,12,14H2,1-4H3,(H,23,26). The second kappa shape index (κ2) is 9.82. The van der Waals surface area contributed by atoms with Crippen LogP contribution in [0.2, 0.25) is 0 Å². The van der Waals surface area contributed by atoms with Gasteiger partial charge in [-0.25, -0.2) is 9.59 Å². The maximum atomic E-state index is 12.0. The smallest absolute Gasteiger partial charge is 0.408 e. The predicted octanol–water partition coefficient (Wildman–Crippen LogP) is 3.58. The first-order valence-corrected chi connectivity index (χ1v) is 9.24. The Kier molecular flexibility index (Phi) is 7.47. The van der Waals surface area contributed by atoms with E-state index in [2.05, 4.69) is 5.32 Å². The summed E-state index contributed by atoms with van der Waals surface area (Å²) in [4.78, 5) is 24.1. The van der Waals surface area contributed by atoms with Gasteiger partial charge in [0.1, 0.15) is 18.2 Å². The highest BCUT2D eigenvalue weighted by atomic mass is 16.6. The number of carbonyl (C=O) groups is 2. The first kappa shape index (κ1) is 22.1. The van der Waals surface area contributed by atoms with Crippen molar-refractivity contribution in [2.75, 3.05) is 7.11 Å². The maximum absolute atomic E-state index is 12.0. The van der Waals surface area contributed by atoms with Gasteiger partial charge in [0.25, 0.3) is 0 Å². The third-order valence-corrected chi connectivity index (χ3v) is 3.88. The number of amides is 1. The number of hydrogen-bond donors (Lipinski definition) is 2. The van der Waals surface area contributed by atoms with Crippen LogP contribution in [-0.4, -0.2) is 35.9 Å². The van der Waals surface area contributed by atoms with Crippen LogP contribution in [-0.2, 0) is 27.3 Å². The molecule has 29 heavy (non-hydrogen) atoms. The highest BCUT2D eigenvalue weighted by molar-refractivity contribution is 5.81. The first-order chi connectivity index (χ1) is 13.7. The average molecular weight is 401 g/mol. The van der Waals surface area contributed by atoms with Gasteiger partial charge in [0, 0.05) is 6.42 Å². The molecule has 0 aromatic heterocycles. The lowest BCUT2D eigenvalue weighted by Crippen LogP contribution is -2.45. The van der Waals surface area contributed by atoms with Crippen molar-refractivity contribution in [1.29, 1.82) is 0 Å². The number of aromatic hydroxyl groups is 1. The summed E-state index contributed by atoms with van der Waals surface area (Å²) in [6, 6.07) is 13.5. The van der Waals surface area contributed by atoms with Gasteiger partial charge in [0.05, 0.1) is 7.11 Å². The van der Waals surface area contributed by atoms with Gasteiger partial charge < -0.3 is 24.6 Å². The van der Waals surface area contributed by atoms with Crippen LogP contribution in [0.25, 0.3) is 0 Å². The molecule has 2 N–H and O–H groups in total. The van der Waals surface area contributed by atoms with Gasteiger partial charge in [-0.05, 0) is 44.0 Å². The molecule has 0 aliphatic rings. The second-order valence-electron chi connectivity index (χ2n) is 7.50. The van der Waals surface area contributed by atoms with E-state index in [0.717, 1.165) is 5.56 Å². The number of phenols is 1. The van der Waals surface area contributed by atoms with Gasteiger partial charge in [-0.3, -0.25) is 0 Å². The molecule has 0 heterocycles. The van der Waals surface area contributed by atoms with Crippen molar-refractivity contribution in [2.45, 2.75) is 45.4 Å². The minimum atomic E-state index is -0.953.